The molecule has 392 valence electrons. The molecule has 6 aromatic rings. The molecule has 0 aromatic carbocycles. The lowest BCUT2D eigenvalue weighted by atomic mass is 10.1. The number of imidazole rings is 3. The molecule has 9 rings (SSSR count). The Bertz CT molecular complexity index is 3250. The summed E-state index contributed by atoms with van der Waals surface area (Å²) < 4.78 is 122. The molecule has 0 spiro atoms. The number of nitrogens with one attached hydrogen (secondary N) is 2. The van der Waals surface area contributed by atoms with Crippen molar-refractivity contribution in [2.45, 2.75) is 87.0 Å². The Morgan fingerprint density at radius 1 is 0.625 bits per heavy atom. The third-order valence-electron chi connectivity index (χ3n) is 11.7. The van der Waals surface area contributed by atoms with Crippen molar-refractivity contribution >= 4 is 74.7 Å². The minimum Gasteiger partial charge on any atom is -0.382 e. The van der Waals surface area contributed by atoms with Gasteiger partial charge in [-0.05, 0) is 6.42 Å². The second-order valence-corrected chi connectivity index (χ2v) is 20.3. The number of nitrogen functional groups attached to an aromatic ring is 3. The molecule has 38 heteroatoms. The molecule has 6 aromatic heterocycles. The predicted octanol–water partition coefficient (Wildman–Crippen LogP) is -0.554. The Hall–Kier alpha value is -5.29. The van der Waals surface area contributed by atoms with Crippen molar-refractivity contribution in [1.29, 1.82) is 0 Å². The van der Waals surface area contributed by atoms with E-state index in [9.17, 15) is 38.0 Å². The molecule has 3 saturated heterocycles. The highest BCUT2D eigenvalue weighted by molar-refractivity contribution is 7.48. The molecule has 3 aliphatic rings. The maximum Gasteiger partial charge on any atom is 0.472 e. The summed E-state index contributed by atoms with van der Waals surface area (Å²) in [6.07, 6.45) is -14.2. The fourth-order valence-corrected chi connectivity index (χ4v) is 11.0. The monoisotopic (exact) mass is 1080 g/mol. The van der Waals surface area contributed by atoms with Crippen LogP contribution in [-0.2, 0) is 64.5 Å². The van der Waals surface area contributed by atoms with Gasteiger partial charge in [-0.2, -0.15) is 9.97 Å². The van der Waals surface area contributed by atoms with Gasteiger partial charge in [0.2, 0.25) is 11.9 Å². The zero-order valence-electron chi connectivity index (χ0n) is 37.7. The van der Waals surface area contributed by atoms with Gasteiger partial charge >= 0.3 is 23.5 Å². The predicted molar refractivity (Wildman–Crippen MR) is 236 cm³/mol. The fraction of sp³-hybridized carbons (Fsp3) is 0.559. The molecule has 0 bridgehead atoms. The van der Waals surface area contributed by atoms with Gasteiger partial charge in [-0.3, -0.25) is 60.4 Å². The summed E-state index contributed by atoms with van der Waals surface area (Å²) in [7, 11) is -12.4. The molecule has 6 unspecified atom stereocenters. The molecule has 3 fully saturated rings. The zero-order valence-corrected chi connectivity index (χ0v) is 40.3. The van der Waals surface area contributed by atoms with Crippen LogP contribution in [0.1, 0.15) is 32.0 Å². The summed E-state index contributed by atoms with van der Waals surface area (Å²) in [6.45, 7) is -0.421. The third-order valence-corrected chi connectivity index (χ3v) is 14.6. The van der Waals surface area contributed by atoms with Crippen LogP contribution in [0.15, 0.2) is 34.9 Å². The molecule has 0 radical (unpaired) electrons. The number of ether oxygens (including phenoxy) is 5. The maximum atomic E-state index is 16.9. The molecule has 15 atom stereocenters. The summed E-state index contributed by atoms with van der Waals surface area (Å²) in [5.74, 6) is -0.629. The number of H-pyrrole nitrogens is 2. The molecule has 11 N–H and O–H groups in total. The highest BCUT2D eigenvalue weighted by Gasteiger charge is 2.55. The number of hydrogen-bond acceptors (Lipinski definition) is 26. The number of aromatic nitrogens is 12. The normalized spacial score (nSPS) is 30.3. The number of phosphoric acid groups is 3. The number of nitrogens with zero attached hydrogens (tertiary/aromatic N) is 10. The first-order valence-electron chi connectivity index (χ1n) is 21.1. The van der Waals surface area contributed by atoms with E-state index in [0.717, 1.165) is 24.3 Å². The first-order chi connectivity index (χ1) is 34.2. The van der Waals surface area contributed by atoms with Crippen LogP contribution in [-0.4, -0.2) is 163 Å². The van der Waals surface area contributed by atoms with Crippen LogP contribution in [0.5, 0.6) is 0 Å². The quantitative estimate of drug-likeness (QED) is 0.0472. The average Bonchev–Trinajstić information content (AvgIpc) is 4.19. The summed E-state index contributed by atoms with van der Waals surface area (Å²) in [4.78, 5) is 90.9. The first kappa shape index (κ1) is 51.6. The lowest BCUT2D eigenvalue weighted by Crippen LogP contribution is -2.38. The fourth-order valence-electron chi connectivity index (χ4n) is 8.48. The molecule has 3 aliphatic heterocycles. The average molecular weight is 1080 g/mol. The SMILES string of the molecule is CC[C@H]1O[C@@H](n2cnc3c(=O)[nH]c(N)nc32)C(OC)[C@H]1OP(=O)(O)OC[C@H]1O[C@@H](n2cnc3c(=O)[nH]c(N)nc32)C(F)[C@H]1OP(=O)(O)OC[C@H]1O[C@@H](n2cnc3c(N)ncnc32)C(OC)[C@H]1OP(=O)(O)OC. The Morgan fingerprint density at radius 3 is 1.60 bits per heavy atom. The van der Waals surface area contributed by atoms with E-state index in [1.54, 1.807) is 6.92 Å². The first-order valence-corrected chi connectivity index (χ1v) is 25.6. The molecule has 34 nitrogen and oxygen atoms in total. The number of hydrogen-bond donors (Lipinski definition) is 8. The largest absolute Gasteiger partial charge is 0.472 e. The van der Waals surface area contributed by atoms with Gasteiger partial charge in [0.05, 0.1) is 38.3 Å². The lowest BCUT2D eigenvalue weighted by molar-refractivity contribution is -0.0637. The van der Waals surface area contributed by atoms with E-state index < -0.39 is 127 Å². The van der Waals surface area contributed by atoms with Crippen LogP contribution in [0, 0.1) is 0 Å². The minimum atomic E-state index is -5.57. The van der Waals surface area contributed by atoms with Crippen LogP contribution in [0.2, 0.25) is 0 Å². The summed E-state index contributed by atoms with van der Waals surface area (Å²) >= 11 is 0. The van der Waals surface area contributed by atoms with Gasteiger partial charge < -0.3 is 55.6 Å². The van der Waals surface area contributed by atoms with E-state index in [4.69, 9.17) is 63.5 Å². The van der Waals surface area contributed by atoms with Crippen molar-refractivity contribution in [3.05, 3.63) is 46.0 Å². The smallest absolute Gasteiger partial charge is 0.382 e. The van der Waals surface area contributed by atoms with Crippen molar-refractivity contribution in [3.8, 4) is 0 Å². The Balaban J connectivity index is 0.961. The van der Waals surface area contributed by atoms with Gasteiger partial charge in [-0.25, -0.2) is 43.0 Å². The van der Waals surface area contributed by atoms with Crippen LogP contribution in [0.25, 0.3) is 33.5 Å². The van der Waals surface area contributed by atoms with Gasteiger partial charge in [0.1, 0.15) is 54.6 Å². The van der Waals surface area contributed by atoms with Crippen LogP contribution in [0.3, 0.4) is 0 Å². The van der Waals surface area contributed by atoms with E-state index in [1.807, 2.05) is 0 Å². The van der Waals surface area contributed by atoms with Gasteiger partial charge in [-0.15, -0.1) is 0 Å². The second kappa shape index (κ2) is 19.9. The number of aromatic amines is 2. The Kier molecular flexibility index (Phi) is 14.2. The van der Waals surface area contributed by atoms with E-state index in [1.165, 1.54) is 36.0 Å². The molecule has 0 saturated carbocycles. The zero-order chi connectivity index (χ0) is 51.6. The van der Waals surface area contributed by atoms with E-state index in [2.05, 4.69) is 49.4 Å². The minimum absolute atomic E-state index is 0.000589. The lowest BCUT2D eigenvalue weighted by Gasteiger charge is -2.27. The third kappa shape index (κ3) is 9.80. The Morgan fingerprint density at radius 2 is 1.07 bits per heavy atom. The molecule has 9 heterocycles. The van der Waals surface area contributed by atoms with Gasteiger partial charge in [-0.1, -0.05) is 6.92 Å². The van der Waals surface area contributed by atoms with Crippen LogP contribution in [0.4, 0.5) is 22.1 Å². The van der Waals surface area contributed by atoms with Crippen molar-refractivity contribution < 1.29 is 83.6 Å². The standard InChI is InChI=1S/C34H45FN15O19P3/c1-5-12-20(22(59-2)32(64-12)50-11-43-18-27(50)45-34(38)47-29(18)52)69-72(57,58)62-6-13-19(15(35)30(65-13)49-10-42-17-26(49)44-33(37)46-28(17)51)67-71(55,56)63-7-14-21(68-70(53,54)61-4)23(60-3)31(66-14)48-9-41-16-24(36)39-8-40-25(16)48/h8-15,19-23,30-32H,5-7H2,1-4H3,(H,53,54)(H,55,56)(H,57,58)(H2,36,39,40)(H3,37,44,46,51)(H3,38,45,47,52)/t12-,13-,14-,15?,19+,20+,21+,22?,23?,30-,31-,32-/m1/s1. The Labute approximate surface area is 401 Å². The van der Waals surface area contributed by atoms with E-state index >= 15 is 4.39 Å². The van der Waals surface area contributed by atoms with Crippen molar-refractivity contribution in [1.82, 2.24) is 58.6 Å². The van der Waals surface area contributed by atoms with Gasteiger partial charge in [0.15, 0.2) is 58.6 Å². The number of rotatable bonds is 19. The molecule has 72 heavy (non-hydrogen) atoms. The number of halogens is 1. The molecule has 0 aliphatic carbocycles. The summed E-state index contributed by atoms with van der Waals surface area (Å²) in [6, 6.07) is 0. The van der Waals surface area contributed by atoms with Gasteiger partial charge in [0.25, 0.3) is 11.1 Å². The molecule has 0 amide bonds. The molecular weight excluding hydrogens is 1030 g/mol. The number of alkyl halides is 1. The number of phosphoric ester groups is 3. The highest BCUT2D eigenvalue weighted by Crippen LogP contribution is 2.54. The van der Waals surface area contributed by atoms with Crippen molar-refractivity contribution in [2.75, 3.05) is 51.7 Å². The highest BCUT2D eigenvalue weighted by atomic mass is 31.2. The van der Waals surface area contributed by atoms with E-state index in [-0.39, 0.29) is 51.7 Å². The number of fused-ring (bicyclic) bond motifs is 3. The molecular formula is C34H45FN15O19P3. The summed E-state index contributed by atoms with van der Waals surface area (Å²) in [5.41, 5.74) is 15.6. The van der Waals surface area contributed by atoms with Crippen molar-refractivity contribution in [2.24, 2.45) is 0 Å². The number of methoxy groups -OCH3 is 2. The number of nitrogens with two attached hydrogens (primary N) is 3. The van der Waals surface area contributed by atoms with Gasteiger partial charge in [0, 0.05) is 21.3 Å². The van der Waals surface area contributed by atoms with E-state index in [0.29, 0.717) is 0 Å². The van der Waals surface area contributed by atoms with Crippen LogP contribution < -0.4 is 28.3 Å². The van der Waals surface area contributed by atoms with Crippen LogP contribution >= 0.6 is 23.5 Å². The topological polar surface area (TPSA) is 462 Å². The summed E-state index contributed by atoms with van der Waals surface area (Å²) in [5, 5.41) is 0. The number of anilines is 3. The van der Waals surface area contributed by atoms with Crippen molar-refractivity contribution in [3.63, 3.8) is 0 Å². The maximum absolute atomic E-state index is 16.9. The second-order valence-electron chi connectivity index (χ2n) is 16.0.